The molecule has 0 saturated carbocycles. The van der Waals surface area contributed by atoms with Crippen LogP contribution in [-0.4, -0.2) is 44.2 Å². The lowest BCUT2D eigenvalue weighted by atomic mass is 10.1. The largest absolute Gasteiger partial charge is 0.383 e. The van der Waals surface area contributed by atoms with E-state index in [1.165, 1.54) is 67.1 Å². The van der Waals surface area contributed by atoms with Gasteiger partial charge in [0.15, 0.2) is 0 Å². The molecule has 3 aromatic rings. The van der Waals surface area contributed by atoms with Crippen LogP contribution in [0.5, 0.6) is 0 Å². The van der Waals surface area contributed by atoms with E-state index in [1.807, 2.05) is 0 Å². The van der Waals surface area contributed by atoms with Crippen LogP contribution >= 0.6 is 0 Å². The third-order valence-corrected chi connectivity index (χ3v) is 7.22. The average molecular weight is 501 g/mol. The molecular weight excluding hydrogens is 452 g/mol. The van der Waals surface area contributed by atoms with Gasteiger partial charge < -0.3 is 16.0 Å². The molecule has 200 valence electrons. The van der Waals surface area contributed by atoms with Crippen LogP contribution in [0.1, 0.15) is 50.1 Å². The van der Waals surface area contributed by atoms with Crippen molar-refractivity contribution in [1.29, 1.82) is 0 Å². The molecule has 0 spiro atoms. The first-order chi connectivity index (χ1) is 17.5. The highest BCUT2D eigenvalue weighted by atomic mass is 15.2. The van der Waals surface area contributed by atoms with Gasteiger partial charge in [-0.2, -0.15) is 0 Å². The van der Waals surface area contributed by atoms with Crippen LogP contribution in [0.4, 0.5) is 17.1 Å². The fraction of sp³-hybridized carbons (Fsp3) is 0.455. The fourth-order valence-corrected chi connectivity index (χ4v) is 5.73. The molecule has 37 heavy (non-hydrogen) atoms. The number of hydrogen-bond acceptors (Lipinski definition) is 4. The molecule has 4 nitrogen and oxygen atoms in total. The first kappa shape index (κ1) is 28.6. The normalized spacial score (nSPS) is 11.2. The summed E-state index contributed by atoms with van der Waals surface area (Å²) >= 11 is 0. The third-order valence-electron chi connectivity index (χ3n) is 7.22. The molecule has 0 aromatic heterocycles. The number of nitrogens with zero attached hydrogens (tertiary/aromatic N) is 1. The van der Waals surface area contributed by atoms with Crippen LogP contribution in [0, 0.1) is 62.3 Å². The summed E-state index contributed by atoms with van der Waals surface area (Å²) in [4.78, 5) is 2.56. The van der Waals surface area contributed by atoms with E-state index in [0.717, 1.165) is 39.3 Å². The fourth-order valence-electron chi connectivity index (χ4n) is 5.73. The summed E-state index contributed by atoms with van der Waals surface area (Å²) in [6.45, 7) is 25.5. The first-order valence-corrected chi connectivity index (χ1v) is 13.7. The summed E-state index contributed by atoms with van der Waals surface area (Å²) in [7, 11) is 0. The van der Waals surface area contributed by atoms with Crippen molar-refractivity contribution < 1.29 is 0 Å². The van der Waals surface area contributed by atoms with E-state index in [4.69, 9.17) is 0 Å². The van der Waals surface area contributed by atoms with Crippen LogP contribution < -0.4 is 16.0 Å². The van der Waals surface area contributed by atoms with E-state index >= 15 is 0 Å². The minimum absolute atomic E-state index is 0.927. The van der Waals surface area contributed by atoms with Gasteiger partial charge in [0.05, 0.1) is 0 Å². The Morgan fingerprint density at radius 1 is 0.405 bits per heavy atom. The second-order valence-electron chi connectivity index (χ2n) is 10.9. The van der Waals surface area contributed by atoms with Crippen LogP contribution in [0.15, 0.2) is 36.4 Å². The van der Waals surface area contributed by atoms with Gasteiger partial charge in [0.25, 0.3) is 0 Å². The van der Waals surface area contributed by atoms with Gasteiger partial charge in [-0.25, -0.2) is 0 Å². The van der Waals surface area contributed by atoms with E-state index in [1.54, 1.807) is 0 Å². The van der Waals surface area contributed by atoms with Gasteiger partial charge in [-0.1, -0.05) is 53.1 Å². The molecule has 3 rings (SSSR count). The lowest BCUT2D eigenvalue weighted by Crippen LogP contribution is -2.37. The van der Waals surface area contributed by atoms with Crippen molar-refractivity contribution in [3.63, 3.8) is 0 Å². The SMILES string of the molecule is Cc1cc(C)c(NCCN(CCNc2c(C)cc(C)cc2C)CCNc2c(C)cc(C)cc2C)c(C)c1. The summed E-state index contributed by atoms with van der Waals surface area (Å²) in [5, 5.41) is 11.2. The van der Waals surface area contributed by atoms with Gasteiger partial charge in [-0.3, -0.25) is 4.90 Å². The number of anilines is 3. The molecule has 0 heterocycles. The highest BCUT2D eigenvalue weighted by Crippen LogP contribution is 2.23. The maximum Gasteiger partial charge on any atom is 0.0400 e. The molecule has 0 saturated heterocycles. The molecule has 0 aliphatic heterocycles. The van der Waals surface area contributed by atoms with Crippen molar-refractivity contribution in [2.45, 2.75) is 62.3 Å². The van der Waals surface area contributed by atoms with Gasteiger partial charge in [-0.05, 0) is 95.7 Å². The highest BCUT2D eigenvalue weighted by molar-refractivity contribution is 5.59. The van der Waals surface area contributed by atoms with Gasteiger partial charge in [0.1, 0.15) is 0 Å². The molecule has 0 atom stereocenters. The molecule has 4 heteroatoms. The smallest absolute Gasteiger partial charge is 0.0400 e. The second kappa shape index (κ2) is 13.0. The Labute approximate surface area is 225 Å². The Morgan fingerprint density at radius 2 is 0.622 bits per heavy atom. The molecule has 0 aliphatic rings. The molecule has 3 aromatic carbocycles. The summed E-state index contributed by atoms with van der Waals surface area (Å²) in [5.74, 6) is 0. The Morgan fingerprint density at radius 3 is 0.838 bits per heavy atom. The monoisotopic (exact) mass is 500 g/mol. The third kappa shape index (κ3) is 8.00. The van der Waals surface area contributed by atoms with Gasteiger partial charge in [0.2, 0.25) is 0 Å². The number of rotatable bonds is 12. The van der Waals surface area contributed by atoms with Gasteiger partial charge in [0, 0.05) is 56.3 Å². The van der Waals surface area contributed by atoms with E-state index < -0.39 is 0 Å². The van der Waals surface area contributed by atoms with Crippen LogP contribution in [-0.2, 0) is 0 Å². The zero-order chi connectivity index (χ0) is 27.1. The first-order valence-electron chi connectivity index (χ1n) is 13.7. The Kier molecular flexibility index (Phi) is 10.0. The molecule has 0 unspecified atom stereocenters. The Hall–Kier alpha value is -2.98. The zero-order valence-corrected chi connectivity index (χ0v) is 24.7. The van der Waals surface area contributed by atoms with E-state index in [-0.39, 0.29) is 0 Å². The van der Waals surface area contributed by atoms with Crippen LogP contribution in [0.25, 0.3) is 0 Å². The molecule has 0 aliphatic carbocycles. The maximum atomic E-state index is 3.72. The van der Waals surface area contributed by atoms with E-state index in [0.29, 0.717) is 0 Å². The molecule has 3 N–H and O–H groups in total. The van der Waals surface area contributed by atoms with Crippen LogP contribution in [0.2, 0.25) is 0 Å². The molecule has 0 bridgehead atoms. The summed E-state index contributed by atoms with van der Waals surface area (Å²) in [5.41, 5.74) is 15.7. The highest BCUT2D eigenvalue weighted by Gasteiger charge is 2.10. The summed E-state index contributed by atoms with van der Waals surface area (Å²) in [6.07, 6.45) is 0. The minimum atomic E-state index is 0.927. The standard InChI is InChI=1S/C33H48N4/c1-22-16-25(4)31(26(5)17-22)34-10-13-37(14-11-35-32-27(6)18-23(2)19-28(32)7)15-12-36-33-29(8)20-24(3)21-30(33)9/h16-21,34-36H,10-15H2,1-9H3. The average Bonchev–Trinajstić information content (AvgIpc) is 2.78. The van der Waals surface area contributed by atoms with Gasteiger partial charge >= 0.3 is 0 Å². The van der Waals surface area contributed by atoms with Gasteiger partial charge in [-0.15, -0.1) is 0 Å². The lowest BCUT2D eigenvalue weighted by molar-refractivity contribution is 0.306. The number of hydrogen-bond donors (Lipinski definition) is 3. The molecule has 0 radical (unpaired) electrons. The van der Waals surface area contributed by atoms with E-state index in [9.17, 15) is 0 Å². The van der Waals surface area contributed by atoms with Crippen molar-refractivity contribution >= 4 is 17.1 Å². The summed E-state index contributed by atoms with van der Waals surface area (Å²) in [6, 6.07) is 13.6. The maximum absolute atomic E-state index is 3.72. The van der Waals surface area contributed by atoms with Crippen molar-refractivity contribution in [3.05, 3.63) is 86.5 Å². The number of benzene rings is 3. The predicted molar refractivity (Wildman–Crippen MR) is 164 cm³/mol. The Balaban J connectivity index is 1.63. The van der Waals surface area contributed by atoms with Crippen molar-refractivity contribution in [1.82, 2.24) is 4.90 Å². The van der Waals surface area contributed by atoms with Crippen molar-refractivity contribution in [3.8, 4) is 0 Å². The lowest BCUT2D eigenvalue weighted by Gasteiger charge is -2.25. The quantitative estimate of drug-likeness (QED) is 0.242. The number of nitrogens with one attached hydrogen (secondary N) is 3. The molecule has 0 fully saturated rings. The second-order valence-corrected chi connectivity index (χ2v) is 10.9. The summed E-state index contributed by atoms with van der Waals surface area (Å²) < 4.78 is 0. The topological polar surface area (TPSA) is 39.3 Å². The molecule has 0 amide bonds. The zero-order valence-electron chi connectivity index (χ0n) is 24.7. The van der Waals surface area contributed by atoms with Crippen molar-refractivity contribution in [2.24, 2.45) is 0 Å². The Bertz CT molecular complexity index is 991. The number of aryl methyl sites for hydroxylation is 9. The van der Waals surface area contributed by atoms with E-state index in [2.05, 4.69) is 120 Å². The molecular formula is C33H48N4. The van der Waals surface area contributed by atoms with Crippen molar-refractivity contribution in [2.75, 3.05) is 55.2 Å². The predicted octanol–water partition coefficient (Wildman–Crippen LogP) is 7.40. The van der Waals surface area contributed by atoms with Crippen LogP contribution in [0.3, 0.4) is 0 Å². The minimum Gasteiger partial charge on any atom is -0.383 e.